The molecule has 1 unspecified atom stereocenters. The number of Topliss-reactive ketones (excluding diaryl/α,β-unsaturated/α-hetero) is 1. The lowest BCUT2D eigenvalue weighted by molar-refractivity contribution is -0.126. The number of rotatable bonds is 6. The highest BCUT2D eigenvalue weighted by Crippen LogP contribution is 2.25. The summed E-state index contributed by atoms with van der Waals surface area (Å²) >= 11 is 0. The number of amides is 1. The number of sulfonamides is 1. The molecule has 1 fully saturated rings. The number of hydrogen-bond donors (Lipinski definition) is 1. The molecule has 8 heteroatoms. The molecule has 0 spiro atoms. The van der Waals surface area contributed by atoms with Crippen LogP contribution in [-0.2, 0) is 14.8 Å². The number of hydrogen-bond acceptors (Lipinski definition) is 4. The van der Waals surface area contributed by atoms with Gasteiger partial charge in [0.05, 0.1) is 10.9 Å². The van der Waals surface area contributed by atoms with E-state index in [1.54, 1.807) is 12.1 Å². The van der Waals surface area contributed by atoms with Crippen molar-refractivity contribution in [1.82, 2.24) is 9.62 Å². The lowest BCUT2D eigenvalue weighted by atomic mass is 9.96. The first-order valence-electron chi connectivity index (χ1n) is 9.85. The summed E-state index contributed by atoms with van der Waals surface area (Å²) < 4.78 is 40.1. The standard InChI is InChI=1S/C22H25FN2O4S/c1-15(17-3-7-20(23)8-4-17)24-22(27)19-11-13-25(14-12-19)30(28,29)21-9-5-18(6-10-21)16(2)26/h3-10,15,19H,11-14H2,1-2H3,(H,24,27). The van der Waals surface area contributed by atoms with Crippen molar-refractivity contribution in [3.63, 3.8) is 0 Å². The molecule has 2 aromatic rings. The second kappa shape index (κ2) is 9.06. The van der Waals surface area contributed by atoms with Gasteiger partial charge in [0.15, 0.2) is 5.78 Å². The van der Waals surface area contributed by atoms with Crippen LogP contribution in [0.2, 0.25) is 0 Å². The van der Waals surface area contributed by atoms with Gasteiger partial charge in [0.2, 0.25) is 15.9 Å². The zero-order valence-electron chi connectivity index (χ0n) is 17.0. The average molecular weight is 433 g/mol. The van der Waals surface area contributed by atoms with Crippen molar-refractivity contribution in [2.24, 2.45) is 5.92 Å². The highest BCUT2D eigenvalue weighted by Gasteiger charge is 2.32. The minimum absolute atomic E-state index is 0.124. The highest BCUT2D eigenvalue weighted by molar-refractivity contribution is 7.89. The van der Waals surface area contributed by atoms with Gasteiger partial charge < -0.3 is 5.32 Å². The summed E-state index contributed by atoms with van der Waals surface area (Å²) in [5.74, 6) is -0.864. The van der Waals surface area contributed by atoms with Gasteiger partial charge in [0.25, 0.3) is 0 Å². The molecule has 0 aromatic heterocycles. The number of nitrogens with one attached hydrogen (secondary N) is 1. The number of nitrogens with zero attached hydrogens (tertiary/aromatic N) is 1. The Hall–Kier alpha value is -2.58. The third-order valence-electron chi connectivity index (χ3n) is 5.45. The molecule has 2 aromatic carbocycles. The zero-order chi connectivity index (χ0) is 21.9. The van der Waals surface area contributed by atoms with Crippen LogP contribution in [0.3, 0.4) is 0 Å². The van der Waals surface area contributed by atoms with Gasteiger partial charge in [0, 0.05) is 24.6 Å². The number of ketones is 1. The summed E-state index contributed by atoms with van der Waals surface area (Å²) in [7, 11) is -3.67. The Labute approximate surface area is 176 Å². The van der Waals surface area contributed by atoms with Crippen LogP contribution in [0.4, 0.5) is 4.39 Å². The minimum Gasteiger partial charge on any atom is -0.349 e. The van der Waals surface area contributed by atoms with Crippen LogP contribution in [0, 0.1) is 11.7 Å². The predicted molar refractivity (Wildman–Crippen MR) is 111 cm³/mol. The fraction of sp³-hybridized carbons (Fsp3) is 0.364. The van der Waals surface area contributed by atoms with E-state index in [4.69, 9.17) is 0 Å². The molecule has 1 aliphatic rings. The molecule has 1 amide bonds. The average Bonchev–Trinajstić information content (AvgIpc) is 2.74. The van der Waals surface area contributed by atoms with E-state index < -0.39 is 10.0 Å². The van der Waals surface area contributed by atoms with E-state index in [2.05, 4.69) is 5.32 Å². The molecule has 160 valence electrons. The van der Waals surface area contributed by atoms with Crippen LogP contribution in [0.5, 0.6) is 0 Å². The number of carbonyl (C=O) groups is 2. The highest BCUT2D eigenvalue weighted by atomic mass is 32.2. The molecule has 0 saturated carbocycles. The first-order valence-corrected chi connectivity index (χ1v) is 11.3. The van der Waals surface area contributed by atoms with E-state index in [-0.39, 0.29) is 47.5 Å². The van der Waals surface area contributed by atoms with Crippen molar-refractivity contribution < 1.29 is 22.4 Å². The molecule has 6 nitrogen and oxygen atoms in total. The molecule has 1 atom stereocenters. The maximum Gasteiger partial charge on any atom is 0.243 e. The Kier molecular flexibility index (Phi) is 6.67. The van der Waals surface area contributed by atoms with Crippen LogP contribution in [0.25, 0.3) is 0 Å². The Morgan fingerprint density at radius 3 is 2.13 bits per heavy atom. The van der Waals surface area contributed by atoms with E-state index in [0.717, 1.165) is 5.56 Å². The van der Waals surface area contributed by atoms with Crippen LogP contribution in [0.1, 0.15) is 48.7 Å². The Morgan fingerprint density at radius 1 is 1.03 bits per heavy atom. The lowest BCUT2D eigenvalue weighted by Gasteiger charge is -2.31. The van der Waals surface area contributed by atoms with Gasteiger partial charge in [-0.05, 0) is 56.5 Å². The van der Waals surface area contributed by atoms with E-state index >= 15 is 0 Å². The van der Waals surface area contributed by atoms with E-state index in [0.29, 0.717) is 18.4 Å². The summed E-state index contributed by atoms with van der Waals surface area (Å²) in [5.41, 5.74) is 1.26. The predicted octanol–water partition coefficient (Wildman–Crippen LogP) is 3.31. The molecule has 1 saturated heterocycles. The topological polar surface area (TPSA) is 83.6 Å². The maximum absolute atomic E-state index is 13.1. The summed E-state index contributed by atoms with van der Waals surface area (Å²) in [6.45, 7) is 3.76. The normalized spacial score (nSPS) is 16.8. The SMILES string of the molecule is CC(=O)c1ccc(S(=O)(=O)N2CCC(C(=O)NC(C)c3ccc(F)cc3)CC2)cc1. The molecule has 30 heavy (non-hydrogen) atoms. The molecule has 0 aliphatic carbocycles. The Bertz CT molecular complexity index is 1010. The van der Waals surface area contributed by atoms with Crippen LogP contribution in [-0.4, -0.2) is 37.5 Å². The summed E-state index contributed by atoms with van der Waals surface area (Å²) in [6, 6.07) is 11.6. The fourth-order valence-corrected chi connectivity index (χ4v) is 5.00. The number of halogens is 1. The van der Waals surface area contributed by atoms with Crippen molar-refractivity contribution in [2.45, 2.75) is 37.6 Å². The van der Waals surface area contributed by atoms with Gasteiger partial charge in [-0.25, -0.2) is 12.8 Å². The second-order valence-electron chi connectivity index (χ2n) is 7.54. The molecule has 1 aliphatic heterocycles. The minimum atomic E-state index is -3.67. The van der Waals surface area contributed by atoms with Crippen molar-refractivity contribution in [1.29, 1.82) is 0 Å². The van der Waals surface area contributed by atoms with E-state index in [1.807, 2.05) is 6.92 Å². The van der Waals surface area contributed by atoms with Crippen molar-refractivity contribution >= 4 is 21.7 Å². The molecule has 0 radical (unpaired) electrons. The molecule has 3 rings (SSSR count). The number of benzene rings is 2. The fourth-order valence-electron chi connectivity index (χ4n) is 3.54. The third-order valence-corrected chi connectivity index (χ3v) is 7.36. The molecule has 1 N–H and O–H groups in total. The van der Waals surface area contributed by atoms with Gasteiger partial charge in [-0.3, -0.25) is 9.59 Å². The summed E-state index contributed by atoms with van der Waals surface area (Å²) in [4.78, 5) is 24.1. The first kappa shape index (κ1) is 22.1. The van der Waals surface area contributed by atoms with Crippen LogP contribution in [0.15, 0.2) is 53.4 Å². The maximum atomic E-state index is 13.1. The number of carbonyl (C=O) groups excluding carboxylic acids is 2. The van der Waals surface area contributed by atoms with Crippen molar-refractivity contribution in [3.05, 3.63) is 65.5 Å². The lowest BCUT2D eigenvalue weighted by Crippen LogP contribution is -2.43. The van der Waals surface area contributed by atoms with Crippen molar-refractivity contribution in [2.75, 3.05) is 13.1 Å². The smallest absolute Gasteiger partial charge is 0.243 e. The number of piperidine rings is 1. The Morgan fingerprint density at radius 2 is 1.60 bits per heavy atom. The third kappa shape index (κ3) is 4.94. The molecule has 0 bridgehead atoms. The van der Waals surface area contributed by atoms with Crippen LogP contribution < -0.4 is 5.32 Å². The molecule has 1 heterocycles. The van der Waals surface area contributed by atoms with E-state index in [9.17, 15) is 22.4 Å². The van der Waals surface area contributed by atoms with E-state index in [1.165, 1.54) is 47.6 Å². The monoisotopic (exact) mass is 432 g/mol. The summed E-state index contributed by atoms with van der Waals surface area (Å²) in [5, 5.41) is 2.93. The largest absolute Gasteiger partial charge is 0.349 e. The van der Waals surface area contributed by atoms with Gasteiger partial charge in [-0.1, -0.05) is 24.3 Å². The first-order chi connectivity index (χ1) is 14.2. The van der Waals surface area contributed by atoms with Gasteiger partial charge in [0.1, 0.15) is 5.82 Å². The van der Waals surface area contributed by atoms with Gasteiger partial charge in [-0.15, -0.1) is 0 Å². The van der Waals surface area contributed by atoms with Gasteiger partial charge in [-0.2, -0.15) is 4.31 Å². The molecular weight excluding hydrogens is 407 g/mol. The summed E-state index contributed by atoms with van der Waals surface area (Å²) in [6.07, 6.45) is 0.847. The zero-order valence-corrected chi connectivity index (χ0v) is 17.8. The Balaban J connectivity index is 1.58. The van der Waals surface area contributed by atoms with Crippen molar-refractivity contribution in [3.8, 4) is 0 Å². The molecular formula is C22H25FN2O4S. The second-order valence-corrected chi connectivity index (χ2v) is 9.48. The van der Waals surface area contributed by atoms with Gasteiger partial charge >= 0.3 is 0 Å². The quantitative estimate of drug-likeness (QED) is 0.710. The van der Waals surface area contributed by atoms with Crippen LogP contribution >= 0.6 is 0 Å².